The molecule has 28 heavy (non-hydrogen) atoms. The topological polar surface area (TPSA) is 64.7 Å². The summed E-state index contributed by atoms with van der Waals surface area (Å²) in [7, 11) is 0. The number of hydrogen-bond donors (Lipinski definition) is 1. The third kappa shape index (κ3) is 3.58. The first kappa shape index (κ1) is 18.1. The molecule has 4 heteroatoms. The van der Waals surface area contributed by atoms with Gasteiger partial charge in [0.2, 0.25) is 0 Å². The zero-order chi connectivity index (χ0) is 19.3. The van der Waals surface area contributed by atoms with Gasteiger partial charge < -0.3 is 5.73 Å². The Morgan fingerprint density at radius 1 is 0.857 bits per heavy atom. The highest BCUT2D eigenvalue weighted by Gasteiger charge is 2.17. The summed E-state index contributed by atoms with van der Waals surface area (Å²) in [6.45, 7) is 2.17. The standard InChI is InChI=1S/C24H24N4/c1-2-7-22-20(10-6-14-27-22)23-19(12-11-17-8-4-3-5-9-17)18-13-15-26-16-21(18)24(25)28-23/h3-6,8-10,13-16H,2,7,11-12H2,1H3,(H2,25,28). The molecule has 3 heterocycles. The first-order chi connectivity index (χ1) is 13.8. The molecule has 140 valence electrons. The molecule has 4 rings (SSSR count). The van der Waals surface area contributed by atoms with Crippen LogP contribution >= 0.6 is 0 Å². The number of nitrogens with two attached hydrogens (primary N) is 1. The fourth-order valence-electron chi connectivity index (χ4n) is 3.72. The summed E-state index contributed by atoms with van der Waals surface area (Å²) in [5.41, 5.74) is 11.9. The SMILES string of the molecule is CCCc1ncccc1-c1nc(N)c2cnccc2c1CCc1ccccc1. The summed E-state index contributed by atoms with van der Waals surface area (Å²) < 4.78 is 0. The Hall–Kier alpha value is -3.27. The summed E-state index contributed by atoms with van der Waals surface area (Å²) >= 11 is 0. The Bertz CT molecular complexity index is 1090. The molecule has 0 aliphatic heterocycles. The Morgan fingerprint density at radius 3 is 2.54 bits per heavy atom. The van der Waals surface area contributed by atoms with Gasteiger partial charge in [0.1, 0.15) is 5.82 Å². The van der Waals surface area contributed by atoms with E-state index in [9.17, 15) is 0 Å². The van der Waals surface area contributed by atoms with Crippen LogP contribution in [0.3, 0.4) is 0 Å². The number of nitrogens with zero attached hydrogens (tertiary/aromatic N) is 3. The summed E-state index contributed by atoms with van der Waals surface area (Å²) in [4.78, 5) is 13.7. The molecule has 0 spiro atoms. The van der Waals surface area contributed by atoms with Gasteiger partial charge in [0, 0.05) is 35.2 Å². The van der Waals surface area contributed by atoms with Crippen LogP contribution in [-0.2, 0) is 19.3 Å². The van der Waals surface area contributed by atoms with E-state index in [2.05, 4.69) is 47.2 Å². The quantitative estimate of drug-likeness (QED) is 0.519. The number of nitrogen functional groups attached to an aromatic ring is 1. The minimum atomic E-state index is 0.521. The lowest BCUT2D eigenvalue weighted by Crippen LogP contribution is -2.05. The number of aryl methyl sites for hydroxylation is 3. The summed E-state index contributed by atoms with van der Waals surface area (Å²) in [5.74, 6) is 0.521. The van der Waals surface area contributed by atoms with Crippen molar-refractivity contribution in [2.24, 2.45) is 0 Å². The minimum absolute atomic E-state index is 0.521. The van der Waals surface area contributed by atoms with Gasteiger partial charge in [0.25, 0.3) is 0 Å². The molecule has 3 aromatic heterocycles. The first-order valence-electron chi connectivity index (χ1n) is 9.78. The van der Waals surface area contributed by atoms with E-state index in [1.807, 2.05) is 36.8 Å². The van der Waals surface area contributed by atoms with Gasteiger partial charge in [-0.05, 0) is 54.0 Å². The van der Waals surface area contributed by atoms with Gasteiger partial charge in [-0.1, -0.05) is 43.7 Å². The van der Waals surface area contributed by atoms with Crippen molar-refractivity contribution in [1.29, 1.82) is 0 Å². The van der Waals surface area contributed by atoms with Crippen LogP contribution in [0, 0.1) is 0 Å². The molecule has 0 atom stereocenters. The first-order valence-corrected chi connectivity index (χ1v) is 9.78. The van der Waals surface area contributed by atoms with Crippen LogP contribution in [0.4, 0.5) is 5.82 Å². The Kier molecular flexibility index (Phi) is 5.29. The van der Waals surface area contributed by atoms with Gasteiger partial charge in [0.15, 0.2) is 0 Å². The van der Waals surface area contributed by atoms with Gasteiger partial charge in [0.05, 0.1) is 5.69 Å². The van der Waals surface area contributed by atoms with Gasteiger partial charge in [-0.25, -0.2) is 4.98 Å². The molecule has 0 aliphatic carbocycles. The second-order valence-corrected chi connectivity index (χ2v) is 6.98. The maximum absolute atomic E-state index is 6.32. The maximum atomic E-state index is 6.32. The largest absolute Gasteiger partial charge is 0.383 e. The van der Waals surface area contributed by atoms with Gasteiger partial charge >= 0.3 is 0 Å². The molecular formula is C24H24N4. The molecule has 0 saturated carbocycles. The highest BCUT2D eigenvalue weighted by atomic mass is 14.9. The minimum Gasteiger partial charge on any atom is -0.383 e. The van der Waals surface area contributed by atoms with Crippen LogP contribution in [0.15, 0.2) is 67.1 Å². The van der Waals surface area contributed by atoms with Crippen molar-refractivity contribution in [3.8, 4) is 11.3 Å². The summed E-state index contributed by atoms with van der Waals surface area (Å²) in [6.07, 6.45) is 9.28. The molecule has 0 radical (unpaired) electrons. The third-order valence-corrected chi connectivity index (χ3v) is 5.08. The molecule has 0 amide bonds. The van der Waals surface area contributed by atoms with Gasteiger partial charge in [-0.3, -0.25) is 9.97 Å². The molecule has 0 saturated heterocycles. The number of benzene rings is 1. The van der Waals surface area contributed by atoms with E-state index in [4.69, 9.17) is 10.7 Å². The molecular weight excluding hydrogens is 344 g/mol. The molecule has 4 aromatic rings. The van der Waals surface area contributed by atoms with Gasteiger partial charge in [-0.15, -0.1) is 0 Å². The number of pyridine rings is 3. The number of anilines is 1. The van der Waals surface area contributed by atoms with Crippen molar-refractivity contribution in [2.75, 3.05) is 5.73 Å². The van der Waals surface area contributed by atoms with E-state index < -0.39 is 0 Å². The second kappa shape index (κ2) is 8.17. The predicted octanol–water partition coefficient (Wildman–Crippen LogP) is 5.01. The van der Waals surface area contributed by atoms with Crippen molar-refractivity contribution in [3.63, 3.8) is 0 Å². The average Bonchev–Trinajstić information content (AvgIpc) is 2.74. The highest BCUT2D eigenvalue weighted by molar-refractivity contribution is 5.96. The monoisotopic (exact) mass is 368 g/mol. The Morgan fingerprint density at radius 2 is 1.71 bits per heavy atom. The molecule has 1 aromatic carbocycles. The van der Waals surface area contributed by atoms with Crippen LogP contribution < -0.4 is 5.73 Å². The normalized spacial score (nSPS) is 11.0. The van der Waals surface area contributed by atoms with E-state index in [1.165, 1.54) is 11.1 Å². The zero-order valence-corrected chi connectivity index (χ0v) is 16.1. The fraction of sp³-hybridized carbons (Fsp3) is 0.208. The second-order valence-electron chi connectivity index (χ2n) is 6.98. The predicted molar refractivity (Wildman–Crippen MR) is 115 cm³/mol. The summed E-state index contributed by atoms with van der Waals surface area (Å²) in [6, 6.07) is 16.7. The fourth-order valence-corrected chi connectivity index (χ4v) is 3.72. The van der Waals surface area contributed by atoms with Crippen LogP contribution in [-0.4, -0.2) is 15.0 Å². The van der Waals surface area contributed by atoms with Crippen molar-refractivity contribution in [1.82, 2.24) is 15.0 Å². The lowest BCUT2D eigenvalue weighted by molar-refractivity contribution is 0.882. The highest BCUT2D eigenvalue weighted by Crippen LogP contribution is 2.33. The van der Waals surface area contributed by atoms with Crippen LogP contribution in [0.25, 0.3) is 22.0 Å². The lowest BCUT2D eigenvalue weighted by atomic mass is 9.94. The van der Waals surface area contributed by atoms with E-state index >= 15 is 0 Å². The zero-order valence-electron chi connectivity index (χ0n) is 16.1. The van der Waals surface area contributed by atoms with Crippen LogP contribution in [0.1, 0.15) is 30.2 Å². The number of aromatic nitrogens is 3. The average molecular weight is 368 g/mol. The molecule has 0 fully saturated rings. The van der Waals surface area contributed by atoms with E-state index in [0.29, 0.717) is 5.82 Å². The van der Waals surface area contributed by atoms with Crippen molar-refractivity contribution in [2.45, 2.75) is 32.6 Å². The molecule has 0 unspecified atom stereocenters. The number of rotatable bonds is 6. The van der Waals surface area contributed by atoms with Crippen molar-refractivity contribution in [3.05, 3.63) is 83.9 Å². The lowest BCUT2D eigenvalue weighted by Gasteiger charge is -2.16. The third-order valence-electron chi connectivity index (χ3n) is 5.08. The Balaban J connectivity index is 1.88. The Labute approximate surface area is 165 Å². The smallest absolute Gasteiger partial charge is 0.133 e. The van der Waals surface area contributed by atoms with Crippen molar-refractivity contribution < 1.29 is 0 Å². The van der Waals surface area contributed by atoms with Crippen LogP contribution in [0.5, 0.6) is 0 Å². The molecule has 0 aliphatic rings. The molecule has 2 N–H and O–H groups in total. The maximum Gasteiger partial charge on any atom is 0.133 e. The molecule has 4 nitrogen and oxygen atoms in total. The number of fused-ring (bicyclic) bond motifs is 1. The van der Waals surface area contributed by atoms with Crippen LogP contribution in [0.2, 0.25) is 0 Å². The van der Waals surface area contributed by atoms with E-state index in [0.717, 1.165) is 53.4 Å². The molecule has 0 bridgehead atoms. The van der Waals surface area contributed by atoms with E-state index in [1.54, 1.807) is 0 Å². The summed E-state index contributed by atoms with van der Waals surface area (Å²) in [5, 5.41) is 2.04. The van der Waals surface area contributed by atoms with Crippen molar-refractivity contribution >= 4 is 16.6 Å². The van der Waals surface area contributed by atoms with E-state index in [-0.39, 0.29) is 0 Å². The van der Waals surface area contributed by atoms with Gasteiger partial charge in [-0.2, -0.15) is 0 Å². The number of hydrogen-bond acceptors (Lipinski definition) is 4.